The van der Waals surface area contributed by atoms with Crippen LogP contribution in [0.2, 0.25) is 0 Å². The van der Waals surface area contributed by atoms with Gasteiger partial charge in [0.05, 0.1) is 16.7 Å². The molecule has 0 bridgehead atoms. The topological polar surface area (TPSA) is 36.4 Å². The van der Waals surface area contributed by atoms with E-state index in [-0.39, 0.29) is 6.61 Å². The fraction of sp³-hybridized carbons (Fsp3) is 0.727. The van der Waals surface area contributed by atoms with Gasteiger partial charge in [0.2, 0.25) is 0 Å². The Hall–Kier alpha value is -0.450. The van der Waals surface area contributed by atoms with E-state index in [2.05, 4.69) is 22.3 Å². The van der Waals surface area contributed by atoms with Gasteiger partial charge in [-0.15, -0.1) is 11.3 Å². The van der Waals surface area contributed by atoms with Crippen LogP contribution in [0.5, 0.6) is 0 Å². The molecule has 1 aromatic heterocycles. The second-order valence-corrected chi connectivity index (χ2v) is 5.07. The minimum atomic E-state index is 0.262. The van der Waals surface area contributed by atoms with E-state index < -0.39 is 0 Å². The Morgan fingerprint density at radius 1 is 1.67 bits per heavy atom. The molecule has 0 spiro atoms. The summed E-state index contributed by atoms with van der Waals surface area (Å²) in [6.45, 7) is 1.45. The van der Waals surface area contributed by atoms with Gasteiger partial charge in [-0.2, -0.15) is 0 Å². The molecular formula is C11H18N2OS. The van der Waals surface area contributed by atoms with Gasteiger partial charge in [-0.1, -0.05) is 0 Å². The largest absolute Gasteiger partial charge is 0.396 e. The second-order valence-electron chi connectivity index (χ2n) is 4.13. The Kier molecular flexibility index (Phi) is 3.72. The Labute approximate surface area is 94.8 Å². The maximum Gasteiger partial charge on any atom is 0.0929 e. The van der Waals surface area contributed by atoms with Crippen LogP contribution < -0.4 is 0 Å². The zero-order chi connectivity index (χ0) is 10.7. The molecule has 0 aliphatic carbocycles. The van der Waals surface area contributed by atoms with Crippen LogP contribution in [0.15, 0.2) is 5.38 Å². The first-order valence-corrected chi connectivity index (χ1v) is 6.44. The summed E-state index contributed by atoms with van der Waals surface area (Å²) in [5.41, 5.74) is 1.23. The molecule has 1 saturated heterocycles. The number of aromatic nitrogens is 1. The average molecular weight is 226 g/mol. The second kappa shape index (κ2) is 5.05. The number of thiazole rings is 1. The highest BCUT2D eigenvalue weighted by Gasteiger charge is 2.24. The molecule has 1 aliphatic heterocycles. The number of aryl methyl sites for hydroxylation is 1. The molecule has 1 N–H and O–H groups in total. The van der Waals surface area contributed by atoms with E-state index in [9.17, 15) is 0 Å². The molecule has 0 aromatic carbocycles. The van der Waals surface area contributed by atoms with E-state index in [1.165, 1.54) is 30.1 Å². The number of hydrogen-bond donors (Lipinski definition) is 1. The van der Waals surface area contributed by atoms with Crippen molar-refractivity contribution >= 4 is 11.3 Å². The van der Waals surface area contributed by atoms with Crippen LogP contribution in [0.25, 0.3) is 0 Å². The third-order valence-electron chi connectivity index (χ3n) is 2.98. The lowest BCUT2D eigenvalue weighted by atomic mass is 10.2. The van der Waals surface area contributed by atoms with Crippen LogP contribution >= 0.6 is 11.3 Å². The lowest BCUT2D eigenvalue weighted by Gasteiger charge is -2.16. The van der Waals surface area contributed by atoms with Crippen molar-refractivity contribution in [1.29, 1.82) is 0 Å². The third-order valence-corrected chi connectivity index (χ3v) is 3.91. The van der Waals surface area contributed by atoms with Crippen LogP contribution in [0, 0.1) is 0 Å². The van der Waals surface area contributed by atoms with E-state index in [4.69, 9.17) is 5.11 Å². The first-order chi connectivity index (χ1) is 7.31. The van der Waals surface area contributed by atoms with Crippen molar-refractivity contribution < 1.29 is 5.11 Å². The fourth-order valence-electron chi connectivity index (χ4n) is 2.11. The number of likely N-dealkylation sites (tertiary alicyclic amines) is 1. The van der Waals surface area contributed by atoms with Crippen molar-refractivity contribution in [1.82, 2.24) is 9.88 Å². The van der Waals surface area contributed by atoms with Gasteiger partial charge in [-0.3, -0.25) is 4.90 Å². The van der Waals surface area contributed by atoms with E-state index in [1.54, 1.807) is 11.3 Å². The highest BCUT2D eigenvalue weighted by Crippen LogP contribution is 2.30. The van der Waals surface area contributed by atoms with Gasteiger partial charge in [0.15, 0.2) is 0 Å². The van der Waals surface area contributed by atoms with Gasteiger partial charge >= 0.3 is 0 Å². The highest BCUT2D eigenvalue weighted by atomic mass is 32.1. The van der Waals surface area contributed by atoms with E-state index in [0.29, 0.717) is 6.04 Å². The quantitative estimate of drug-likeness (QED) is 0.851. The molecule has 1 aromatic rings. The molecule has 15 heavy (non-hydrogen) atoms. The van der Waals surface area contributed by atoms with Crippen molar-refractivity contribution in [2.75, 3.05) is 20.2 Å². The highest BCUT2D eigenvalue weighted by molar-refractivity contribution is 7.09. The first-order valence-electron chi connectivity index (χ1n) is 5.56. The predicted molar refractivity (Wildman–Crippen MR) is 62.1 cm³/mol. The minimum absolute atomic E-state index is 0.262. The molecule has 1 atom stereocenters. The standard InChI is InChI=1S/C11H18N2OS/c1-13-6-2-4-10(13)9-8-15-11(12-9)5-3-7-14/h8,10,14H,2-7H2,1H3. The third kappa shape index (κ3) is 2.56. The Bertz CT molecular complexity index is 313. The SMILES string of the molecule is CN1CCCC1c1csc(CCCO)n1. The van der Waals surface area contributed by atoms with Crippen LogP contribution in [0.1, 0.15) is 36.0 Å². The number of nitrogens with zero attached hydrogens (tertiary/aromatic N) is 2. The Morgan fingerprint density at radius 3 is 3.20 bits per heavy atom. The Balaban J connectivity index is 1.99. The van der Waals surface area contributed by atoms with Crippen molar-refractivity contribution in [3.05, 3.63) is 16.1 Å². The lowest BCUT2D eigenvalue weighted by molar-refractivity contribution is 0.288. The summed E-state index contributed by atoms with van der Waals surface area (Å²) in [6, 6.07) is 0.532. The minimum Gasteiger partial charge on any atom is -0.396 e. The first kappa shape index (κ1) is 11.0. The molecule has 3 nitrogen and oxygen atoms in total. The summed E-state index contributed by atoms with van der Waals surface area (Å²) < 4.78 is 0. The molecule has 84 valence electrons. The van der Waals surface area contributed by atoms with Crippen LogP contribution in [-0.4, -0.2) is 35.2 Å². The molecule has 0 saturated carbocycles. The molecule has 4 heteroatoms. The lowest BCUT2D eigenvalue weighted by Crippen LogP contribution is -2.17. The fourth-order valence-corrected chi connectivity index (χ4v) is 2.99. The summed E-state index contributed by atoms with van der Waals surface area (Å²) >= 11 is 1.73. The van der Waals surface area contributed by atoms with Crippen molar-refractivity contribution in [2.24, 2.45) is 0 Å². The van der Waals surface area contributed by atoms with Gasteiger partial charge in [-0.05, 0) is 32.9 Å². The zero-order valence-electron chi connectivity index (χ0n) is 9.15. The van der Waals surface area contributed by atoms with Crippen molar-refractivity contribution in [3.8, 4) is 0 Å². The van der Waals surface area contributed by atoms with Gasteiger partial charge in [0, 0.05) is 18.4 Å². The summed E-state index contributed by atoms with van der Waals surface area (Å²) in [5, 5.41) is 12.1. The molecule has 1 aliphatic rings. The van der Waals surface area contributed by atoms with E-state index in [1.807, 2.05) is 0 Å². The predicted octanol–water partition coefficient (Wildman–Crippen LogP) is 1.83. The maximum atomic E-state index is 8.76. The number of aliphatic hydroxyl groups excluding tert-OH is 1. The maximum absolute atomic E-state index is 8.76. The molecule has 0 amide bonds. The summed E-state index contributed by atoms with van der Waals surface area (Å²) in [5.74, 6) is 0. The molecule has 2 rings (SSSR count). The summed E-state index contributed by atoms with van der Waals surface area (Å²) in [7, 11) is 2.17. The average Bonchev–Trinajstić information content (AvgIpc) is 2.83. The summed E-state index contributed by atoms with van der Waals surface area (Å²) in [6.07, 6.45) is 4.26. The number of aliphatic hydroxyl groups is 1. The molecular weight excluding hydrogens is 208 g/mol. The monoisotopic (exact) mass is 226 g/mol. The van der Waals surface area contributed by atoms with Crippen molar-refractivity contribution in [2.45, 2.75) is 31.7 Å². The van der Waals surface area contributed by atoms with Crippen molar-refractivity contribution in [3.63, 3.8) is 0 Å². The smallest absolute Gasteiger partial charge is 0.0929 e. The zero-order valence-corrected chi connectivity index (χ0v) is 9.96. The van der Waals surface area contributed by atoms with Crippen LogP contribution in [0.4, 0.5) is 0 Å². The Morgan fingerprint density at radius 2 is 2.53 bits per heavy atom. The van der Waals surface area contributed by atoms with E-state index in [0.717, 1.165) is 12.8 Å². The molecule has 0 radical (unpaired) electrons. The van der Waals surface area contributed by atoms with Gasteiger partial charge in [0.25, 0.3) is 0 Å². The molecule has 1 unspecified atom stereocenters. The molecule has 1 fully saturated rings. The van der Waals surface area contributed by atoms with E-state index >= 15 is 0 Å². The number of hydrogen-bond acceptors (Lipinski definition) is 4. The van der Waals surface area contributed by atoms with Crippen LogP contribution in [-0.2, 0) is 6.42 Å². The normalized spacial score (nSPS) is 22.4. The van der Waals surface area contributed by atoms with Gasteiger partial charge in [-0.25, -0.2) is 4.98 Å². The number of rotatable bonds is 4. The van der Waals surface area contributed by atoms with Gasteiger partial charge in [0.1, 0.15) is 0 Å². The molecule has 2 heterocycles. The van der Waals surface area contributed by atoms with Gasteiger partial charge < -0.3 is 5.11 Å². The summed E-state index contributed by atoms with van der Waals surface area (Å²) in [4.78, 5) is 7.03. The van der Waals surface area contributed by atoms with Crippen LogP contribution in [0.3, 0.4) is 0 Å².